The van der Waals surface area contributed by atoms with Crippen molar-refractivity contribution in [1.82, 2.24) is 14.7 Å². The van der Waals surface area contributed by atoms with Crippen LogP contribution in [0, 0.1) is 5.92 Å². The largest absolute Gasteiger partial charge is 0.336 e. The average molecular weight is 264 g/mol. The Bertz CT molecular complexity index is 452. The fourth-order valence-corrected chi connectivity index (χ4v) is 2.54. The van der Waals surface area contributed by atoms with Gasteiger partial charge in [-0.15, -0.1) is 0 Å². The van der Waals surface area contributed by atoms with E-state index in [1.165, 1.54) is 0 Å². The fourth-order valence-electron chi connectivity index (χ4n) is 2.54. The van der Waals surface area contributed by atoms with Crippen LogP contribution in [0.4, 0.5) is 0 Å². The first-order chi connectivity index (χ1) is 9.01. The Morgan fingerprint density at radius 2 is 2.32 bits per heavy atom. The van der Waals surface area contributed by atoms with E-state index in [4.69, 9.17) is 5.73 Å². The highest BCUT2D eigenvalue weighted by atomic mass is 16.2. The summed E-state index contributed by atoms with van der Waals surface area (Å²) < 4.78 is 1.81. The molecular weight excluding hydrogens is 240 g/mol. The molecule has 1 saturated heterocycles. The van der Waals surface area contributed by atoms with Gasteiger partial charge in [-0.1, -0.05) is 13.8 Å². The molecule has 0 unspecified atom stereocenters. The molecule has 1 fully saturated rings. The second kappa shape index (κ2) is 5.74. The summed E-state index contributed by atoms with van der Waals surface area (Å²) >= 11 is 0. The molecule has 0 aromatic carbocycles. The molecule has 2 rings (SSSR count). The van der Waals surface area contributed by atoms with E-state index in [9.17, 15) is 4.79 Å². The number of nitrogens with zero attached hydrogens (tertiary/aromatic N) is 3. The highest BCUT2D eigenvalue weighted by Crippen LogP contribution is 2.15. The Labute approximate surface area is 114 Å². The van der Waals surface area contributed by atoms with E-state index < -0.39 is 0 Å². The smallest absolute Gasteiger partial charge is 0.272 e. The molecule has 1 atom stereocenters. The van der Waals surface area contributed by atoms with Gasteiger partial charge in [-0.25, -0.2) is 0 Å². The number of carbonyl (C=O) groups is 1. The molecule has 1 amide bonds. The van der Waals surface area contributed by atoms with Crippen molar-refractivity contribution in [3.8, 4) is 0 Å². The van der Waals surface area contributed by atoms with Crippen molar-refractivity contribution in [3.05, 3.63) is 17.5 Å². The van der Waals surface area contributed by atoms with Crippen LogP contribution < -0.4 is 5.73 Å². The van der Waals surface area contributed by atoms with Gasteiger partial charge in [0.1, 0.15) is 5.69 Å². The highest BCUT2D eigenvalue weighted by molar-refractivity contribution is 5.93. The molecule has 0 spiro atoms. The van der Waals surface area contributed by atoms with E-state index >= 15 is 0 Å². The number of hydrogen-bond donors (Lipinski definition) is 1. The summed E-state index contributed by atoms with van der Waals surface area (Å²) in [5.41, 5.74) is 7.57. The van der Waals surface area contributed by atoms with Gasteiger partial charge in [-0.3, -0.25) is 9.48 Å². The monoisotopic (exact) mass is 264 g/mol. The van der Waals surface area contributed by atoms with E-state index in [1.54, 1.807) is 0 Å². The first kappa shape index (κ1) is 14.1. The lowest BCUT2D eigenvalue weighted by atomic mass is 10.1. The summed E-state index contributed by atoms with van der Waals surface area (Å²) in [6.07, 6.45) is 1.80. The van der Waals surface area contributed by atoms with Crippen LogP contribution >= 0.6 is 0 Å². The van der Waals surface area contributed by atoms with Crippen LogP contribution in [0.3, 0.4) is 0 Å². The second-order valence-corrected chi connectivity index (χ2v) is 5.73. The zero-order chi connectivity index (χ0) is 14.0. The van der Waals surface area contributed by atoms with Gasteiger partial charge in [0, 0.05) is 25.7 Å². The first-order valence-electron chi connectivity index (χ1n) is 7.12. The van der Waals surface area contributed by atoms with E-state index in [0.717, 1.165) is 31.6 Å². The van der Waals surface area contributed by atoms with Crippen LogP contribution in [0.15, 0.2) is 6.07 Å². The Morgan fingerprint density at radius 1 is 1.58 bits per heavy atom. The van der Waals surface area contributed by atoms with Gasteiger partial charge in [-0.2, -0.15) is 5.10 Å². The molecule has 19 heavy (non-hydrogen) atoms. The maximum Gasteiger partial charge on any atom is 0.272 e. The molecular formula is C14H24N4O. The van der Waals surface area contributed by atoms with Gasteiger partial charge in [0.15, 0.2) is 0 Å². The molecule has 0 aliphatic carbocycles. The molecule has 1 aromatic rings. The van der Waals surface area contributed by atoms with E-state index in [2.05, 4.69) is 18.9 Å². The Hall–Kier alpha value is -1.36. The molecule has 1 aliphatic heterocycles. The van der Waals surface area contributed by atoms with Gasteiger partial charge in [0.2, 0.25) is 0 Å². The third kappa shape index (κ3) is 3.15. The van der Waals surface area contributed by atoms with Crippen molar-refractivity contribution >= 4 is 5.91 Å². The summed E-state index contributed by atoms with van der Waals surface area (Å²) in [6, 6.07) is 2.06. The molecule has 1 aliphatic rings. The summed E-state index contributed by atoms with van der Waals surface area (Å²) in [5, 5.41) is 4.52. The standard InChI is InChI=1S/C14H24N4O/c1-4-18-13(8-12(16-18)7-10(2)3)14(19)17-6-5-11(15)9-17/h8,10-11H,4-7,9,15H2,1-3H3/t11-/m1/s1. The summed E-state index contributed by atoms with van der Waals surface area (Å²) in [7, 11) is 0. The Kier molecular flexibility index (Phi) is 4.24. The third-order valence-corrected chi connectivity index (χ3v) is 3.48. The quantitative estimate of drug-likeness (QED) is 0.891. The first-order valence-corrected chi connectivity index (χ1v) is 7.12. The number of carbonyl (C=O) groups excluding carboxylic acids is 1. The number of amides is 1. The summed E-state index contributed by atoms with van der Waals surface area (Å²) in [6.45, 7) is 8.47. The number of likely N-dealkylation sites (tertiary alicyclic amines) is 1. The molecule has 2 N–H and O–H groups in total. The number of rotatable bonds is 4. The molecule has 5 heteroatoms. The molecule has 0 bridgehead atoms. The molecule has 0 saturated carbocycles. The van der Waals surface area contributed by atoms with Crippen molar-refractivity contribution in [2.45, 2.75) is 46.2 Å². The maximum atomic E-state index is 12.5. The minimum atomic E-state index is 0.0670. The lowest BCUT2D eigenvalue weighted by Crippen LogP contribution is -2.33. The Morgan fingerprint density at radius 3 is 2.84 bits per heavy atom. The van der Waals surface area contributed by atoms with Crippen molar-refractivity contribution in [3.63, 3.8) is 0 Å². The van der Waals surface area contributed by atoms with Gasteiger partial charge in [-0.05, 0) is 31.7 Å². The predicted molar refractivity (Wildman–Crippen MR) is 74.9 cm³/mol. The van der Waals surface area contributed by atoms with E-state index in [-0.39, 0.29) is 11.9 Å². The van der Waals surface area contributed by atoms with Crippen LogP contribution in [-0.2, 0) is 13.0 Å². The van der Waals surface area contributed by atoms with Gasteiger partial charge >= 0.3 is 0 Å². The minimum absolute atomic E-state index is 0.0670. The van der Waals surface area contributed by atoms with Gasteiger partial charge in [0.25, 0.3) is 5.91 Å². The maximum absolute atomic E-state index is 12.5. The van der Waals surface area contributed by atoms with Gasteiger partial charge < -0.3 is 10.6 Å². The number of aromatic nitrogens is 2. The minimum Gasteiger partial charge on any atom is -0.336 e. The van der Waals surface area contributed by atoms with Crippen molar-refractivity contribution < 1.29 is 4.79 Å². The fraction of sp³-hybridized carbons (Fsp3) is 0.714. The number of nitrogens with two attached hydrogens (primary N) is 1. The molecule has 0 radical (unpaired) electrons. The zero-order valence-electron chi connectivity index (χ0n) is 12.1. The summed E-state index contributed by atoms with van der Waals surface area (Å²) in [4.78, 5) is 14.3. The van der Waals surface area contributed by atoms with Crippen LogP contribution in [0.5, 0.6) is 0 Å². The van der Waals surface area contributed by atoms with Crippen molar-refractivity contribution in [1.29, 1.82) is 0 Å². The van der Waals surface area contributed by atoms with Gasteiger partial charge in [0.05, 0.1) is 5.69 Å². The van der Waals surface area contributed by atoms with Crippen molar-refractivity contribution in [2.75, 3.05) is 13.1 Å². The van der Waals surface area contributed by atoms with E-state index in [1.807, 2.05) is 22.6 Å². The number of hydrogen-bond acceptors (Lipinski definition) is 3. The van der Waals surface area contributed by atoms with Crippen molar-refractivity contribution in [2.24, 2.45) is 11.7 Å². The normalized spacial score (nSPS) is 19.4. The van der Waals surface area contributed by atoms with Crippen LogP contribution in [0.2, 0.25) is 0 Å². The molecule has 1 aromatic heterocycles. The zero-order valence-corrected chi connectivity index (χ0v) is 12.1. The molecule has 106 valence electrons. The van der Waals surface area contributed by atoms with Crippen LogP contribution in [-0.4, -0.2) is 39.7 Å². The highest BCUT2D eigenvalue weighted by Gasteiger charge is 2.27. The second-order valence-electron chi connectivity index (χ2n) is 5.73. The van der Waals surface area contributed by atoms with E-state index in [0.29, 0.717) is 18.2 Å². The SMILES string of the molecule is CCn1nc(CC(C)C)cc1C(=O)N1CC[C@@H](N)C1. The Balaban J connectivity index is 2.18. The lowest BCUT2D eigenvalue weighted by molar-refractivity contribution is 0.0778. The predicted octanol–water partition coefficient (Wildman–Crippen LogP) is 1.27. The third-order valence-electron chi connectivity index (χ3n) is 3.48. The average Bonchev–Trinajstić information content (AvgIpc) is 2.94. The van der Waals surface area contributed by atoms with Crippen LogP contribution in [0.25, 0.3) is 0 Å². The van der Waals surface area contributed by atoms with Crippen LogP contribution in [0.1, 0.15) is 43.4 Å². The lowest BCUT2D eigenvalue weighted by Gasteiger charge is -2.15. The number of aryl methyl sites for hydroxylation is 1. The molecule has 2 heterocycles. The summed E-state index contributed by atoms with van der Waals surface area (Å²) in [5.74, 6) is 0.612. The topological polar surface area (TPSA) is 64.2 Å². The molecule has 5 nitrogen and oxygen atoms in total.